The zero-order chi connectivity index (χ0) is 25.2. The third-order valence-electron chi connectivity index (χ3n) is 5.57. The summed E-state index contributed by atoms with van der Waals surface area (Å²) < 4.78 is 44.6. The van der Waals surface area contributed by atoms with Crippen LogP contribution in [0.4, 0.5) is 10.2 Å². The summed E-state index contributed by atoms with van der Waals surface area (Å²) in [5.74, 6) is -0.997. The second-order valence-corrected chi connectivity index (χ2v) is 9.78. The molecule has 1 aromatic carbocycles. The van der Waals surface area contributed by atoms with Crippen LogP contribution in [0.1, 0.15) is 41.4 Å². The number of aromatic nitrogens is 5. The Morgan fingerprint density at radius 1 is 1.29 bits per heavy atom. The van der Waals surface area contributed by atoms with Gasteiger partial charge in [-0.05, 0) is 59.2 Å². The van der Waals surface area contributed by atoms with Gasteiger partial charge in [-0.2, -0.15) is 12.7 Å². The van der Waals surface area contributed by atoms with Gasteiger partial charge in [0.05, 0.1) is 18.2 Å². The Labute approximate surface area is 201 Å². The van der Waals surface area contributed by atoms with E-state index in [0.717, 1.165) is 0 Å². The fraction of sp³-hybridized carbons (Fsp3) is 0.381. The highest BCUT2D eigenvalue weighted by atomic mass is 32.2. The first-order valence-electron chi connectivity index (χ1n) is 11.0. The Morgan fingerprint density at radius 3 is 2.83 bits per heavy atom. The van der Waals surface area contributed by atoms with E-state index in [0.29, 0.717) is 29.1 Å². The number of hydrogen-bond donors (Lipinski definition) is 3. The highest BCUT2D eigenvalue weighted by Crippen LogP contribution is 2.25. The van der Waals surface area contributed by atoms with Crippen LogP contribution in [-0.4, -0.2) is 68.6 Å². The van der Waals surface area contributed by atoms with Gasteiger partial charge in [0, 0.05) is 19.6 Å². The van der Waals surface area contributed by atoms with E-state index in [2.05, 4.69) is 30.5 Å². The maximum Gasteiger partial charge on any atom is 0.279 e. The number of anilines is 1. The molecule has 1 aliphatic heterocycles. The van der Waals surface area contributed by atoms with Crippen LogP contribution >= 0.6 is 0 Å². The van der Waals surface area contributed by atoms with Crippen LogP contribution in [0.2, 0.25) is 0 Å². The lowest BCUT2D eigenvalue weighted by Gasteiger charge is -2.28. The van der Waals surface area contributed by atoms with Crippen molar-refractivity contribution >= 4 is 21.9 Å². The van der Waals surface area contributed by atoms with Gasteiger partial charge in [0.1, 0.15) is 17.3 Å². The predicted molar refractivity (Wildman–Crippen MR) is 124 cm³/mol. The Hall–Kier alpha value is -3.33. The fourth-order valence-electron chi connectivity index (χ4n) is 3.76. The normalized spacial score (nSPS) is 15.0. The Kier molecular flexibility index (Phi) is 7.16. The zero-order valence-corrected chi connectivity index (χ0v) is 20.0. The average Bonchev–Trinajstić information content (AvgIpc) is 3.33. The maximum atomic E-state index is 14.8. The number of rotatable bonds is 8. The summed E-state index contributed by atoms with van der Waals surface area (Å²) >= 11 is 0. The summed E-state index contributed by atoms with van der Waals surface area (Å²) in [6, 6.07) is 7.07. The van der Waals surface area contributed by atoms with Gasteiger partial charge in [0.15, 0.2) is 0 Å². The van der Waals surface area contributed by atoms with E-state index in [4.69, 9.17) is 0 Å². The van der Waals surface area contributed by atoms with Crippen LogP contribution in [0, 0.1) is 5.82 Å². The lowest BCUT2D eigenvalue weighted by Crippen LogP contribution is -2.43. The molecule has 3 N–H and O–H groups in total. The topological polar surface area (TPSA) is 155 Å². The van der Waals surface area contributed by atoms with Gasteiger partial charge in [-0.1, -0.05) is 13.0 Å². The lowest BCUT2D eigenvalue weighted by molar-refractivity contribution is 0.102. The van der Waals surface area contributed by atoms with Crippen molar-refractivity contribution in [1.82, 2.24) is 34.2 Å². The van der Waals surface area contributed by atoms with Gasteiger partial charge in [-0.25, -0.2) is 18.8 Å². The molecule has 0 spiro atoms. The highest BCUT2D eigenvalue weighted by Gasteiger charge is 2.28. The molecule has 2 aromatic heterocycles. The summed E-state index contributed by atoms with van der Waals surface area (Å²) in [5.41, 5.74) is 1.34. The van der Waals surface area contributed by atoms with Gasteiger partial charge < -0.3 is 10.4 Å². The molecule has 0 radical (unpaired) electrons. The van der Waals surface area contributed by atoms with E-state index in [1.165, 1.54) is 27.2 Å². The first-order chi connectivity index (χ1) is 16.7. The van der Waals surface area contributed by atoms with E-state index < -0.39 is 21.9 Å². The molecule has 0 fully saturated rings. The first kappa shape index (κ1) is 24.8. The number of fused-ring (bicyclic) bond motifs is 1. The molecule has 1 aliphatic rings. The smallest absolute Gasteiger partial charge is 0.279 e. The third-order valence-corrected chi connectivity index (χ3v) is 7.22. The van der Waals surface area contributed by atoms with Crippen molar-refractivity contribution in [3.05, 3.63) is 52.8 Å². The summed E-state index contributed by atoms with van der Waals surface area (Å²) in [7, 11) is -3.66. The van der Waals surface area contributed by atoms with Crippen molar-refractivity contribution in [3.8, 4) is 11.5 Å². The molecule has 35 heavy (non-hydrogen) atoms. The van der Waals surface area contributed by atoms with E-state index in [9.17, 15) is 22.7 Å². The second kappa shape index (κ2) is 10.1. The second-order valence-electron chi connectivity index (χ2n) is 8.03. The molecular weight excluding hydrogens is 479 g/mol. The molecule has 3 heterocycles. The summed E-state index contributed by atoms with van der Waals surface area (Å²) in [5, 5.41) is 23.4. The van der Waals surface area contributed by atoms with Crippen LogP contribution in [0.5, 0.6) is 0 Å². The summed E-state index contributed by atoms with van der Waals surface area (Å²) in [6.45, 7) is 3.74. The van der Waals surface area contributed by atoms with Crippen molar-refractivity contribution in [1.29, 1.82) is 0 Å². The minimum Gasteiger partial charge on any atom is -0.394 e. The Balaban J connectivity index is 1.57. The zero-order valence-electron chi connectivity index (χ0n) is 19.1. The predicted octanol–water partition coefficient (Wildman–Crippen LogP) is 0.892. The molecule has 3 aromatic rings. The van der Waals surface area contributed by atoms with Gasteiger partial charge in [-0.3, -0.25) is 4.79 Å². The minimum atomic E-state index is -3.66. The van der Waals surface area contributed by atoms with E-state index >= 15 is 0 Å². The number of hydrogen-bond acceptors (Lipinski definition) is 8. The van der Waals surface area contributed by atoms with Gasteiger partial charge >= 0.3 is 0 Å². The number of pyridine rings is 1. The number of benzene rings is 1. The number of nitrogens with one attached hydrogen (secondary N) is 2. The quantitative estimate of drug-likeness (QED) is 0.409. The SMILES string of the molecule is CCNS(=O)(=O)N1CCc2cc(F)c(C(=O)Nc3cccc(-c4nnnn4[C@H](C)CO)n3)cc2C1. The van der Waals surface area contributed by atoms with E-state index in [-0.39, 0.29) is 43.7 Å². The van der Waals surface area contributed by atoms with Crippen LogP contribution in [0.15, 0.2) is 30.3 Å². The van der Waals surface area contributed by atoms with Crippen LogP contribution in [-0.2, 0) is 23.2 Å². The molecule has 0 saturated heterocycles. The molecule has 0 saturated carbocycles. The Morgan fingerprint density at radius 2 is 2.09 bits per heavy atom. The molecule has 4 rings (SSSR count). The minimum absolute atomic E-state index is 0.0324. The van der Waals surface area contributed by atoms with E-state index in [1.807, 2.05) is 0 Å². The van der Waals surface area contributed by atoms with Crippen molar-refractivity contribution in [2.45, 2.75) is 32.9 Å². The van der Waals surface area contributed by atoms with Crippen molar-refractivity contribution in [2.75, 3.05) is 25.0 Å². The van der Waals surface area contributed by atoms with Crippen molar-refractivity contribution in [2.24, 2.45) is 0 Å². The number of carbonyl (C=O) groups is 1. The van der Waals surface area contributed by atoms with Crippen LogP contribution in [0.3, 0.4) is 0 Å². The van der Waals surface area contributed by atoms with Gasteiger partial charge in [-0.15, -0.1) is 5.10 Å². The third kappa shape index (κ3) is 5.19. The number of amides is 1. The monoisotopic (exact) mass is 504 g/mol. The van der Waals surface area contributed by atoms with Gasteiger partial charge in [0.25, 0.3) is 16.1 Å². The fourth-order valence-corrected chi connectivity index (χ4v) is 4.94. The largest absolute Gasteiger partial charge is 0.394 e. The van der Waals surface area contributed by atoms with E-state index in [1.54, 1.807) is 26.0 Å². The molecule has 12 nitrogen and oxygen atoms in total. The molecule has 0 unspecified atom stereocenters. The van der Waals surface area contributed by atoms with Crippen LogP contribution in [0.25, 0.3) is 11.5 Å². The highest BCUT2D eigenvalue weighted by molar-refractivity contribution is 7.87. The summed E-state index contributed by atoms with van der Waals surface area (Å²) in [6.07, 6.45) is 0.337. The first-order valence-corrected chi connectivity index (χ1v) is 12.4. The average molecular weight is 505 g/mol. The molecule has 0 bridgehead atoms. The molecule has 0 aliphatic carbocycles. The molecular formula is C21H25FN8O4S. The van der Waals surface area contributed by atoms with Gasteiger partial charge in [0.2, 0.25) is 5.82 Å². The van der Waals surface area contributed by atoms with Crippen molar-refractivity contribution in [3.63, 3.8) is 0 Å². The van der Waals surface area contributed by atoms with Crippen molar-refractivity contribution < 1.29 is 22.7 Å². The number of tetrazole rings is 1. The standard InChI is InChI=1S/C21H25FN8O4S/c1-3-23-35(33,34)29-8-7-14-10-17(22)16(9-15(14)11-29)21(32)25-19-6-4-5-18(24-19)20-26-27-28-30(20)13(2)12-31/h4-6,9-10,13,23,31H,3,7-8,11-12H2,1-2H3,(H,24,25,32)/t13-/m1/s1. The lowest BCUT2D eigenvalue weighted by atomic mass is 9.97. The molecule has 186 valence electrons. The maximum absolute atomic E-state index is 14.8. The van der Waals surface area contributed by atoms with Crippen LogP contribution < -0.4 is 10.0 Å². The Bertz CT molecular complexity index is 1350. The number of aliphatic hydroxyl groups excluding tert-OH is 1. The molecule has 1 atom stereocenters. The summed E-state index contributed by atoms with van der Waals surface area (Å²) in [4.78, 5) is 17.3. The molecule has 14 heteroatoms. The number of nitrogens with zero attached hydrogens (tertiary/aromatic N) is 6. The molecule has 1 amide bonds. The number of halogens is 1. The number of aliphatic hydroxyl groups is 1. The number of carbonyl (C=O) groups excluding carboxylic acids is 1.